The van der Waals surface area contributed by atoms with Crippen LogP contribution >= 0.6 is 11.8 Å². The third-order valence-electron chi connectivity index (χ3n) is 4.76. The van der Waals surface area contributed by atoms with Crippen molar-refractivity contribution < 1.29 is 4.79 Å². The molecule has 134 valence electrons. The zero-order valence-corrected chi connectivity index (χ0v) is 15.8. The summed E-state index contributed by atoms with van der Waals surface area (Å²) in [6.07, 6.45) is 6.44. The van der Waals surface area contributed by atoms with Crippen LogP contribution in [-0.4, -0.2) is 33.0 Å². The molecule has 0 bridgehead atoms. The minimum absolute atomic E-state index is 0.0793. The smallest absolute Gasteiger partial charge is 0.230 e. The van der Waals surface area contributed by atoms with Crippen molar-refractivity contribution >= 4 is 17.7 Å². The van der Waals surface area contributed by atoms with E-state index in [0.717, 1.165) is 23.1 Å². The van der Waals surface area contributed by atoms with E-state index in [9.17, 15) is 4.79 Å². The minimum atomic E-state index is 0.0793. The standard InChI is InChI=1S/C19H26N4OS/c1-14-7-6-10-16(11-14)18-21-22-19(23(18)2)25-13-17(24)20-12-15-8-4-3-5-9-15/h6-7,10-11,15H,3-5,8-9,12-13H2,1-2H3,(H,20,24). The Kier molecular flexibility index (Phi) is 6.13. The van der Waals surface area contributed by atoms with Gasteiger partial charge in [0.05, 0.1) is 5.75 Å². The van der Waals surface area contributed by atoms with E-state index in [0.29, 0.717) is 11.7 Å². The Morgan fingerprint density at radius 3 is 2.84 bits per heavy atom. The summed E-state index contributed by atoms with van der Waals surface area (Å²) >= 11 is 1.44. The number of hydrogen-bond donors (Lipinski definition) is 1. The molecule has 0 saturated heterocycles. The van der Waals surface area contributed by atoms with E-state index in [1.54, 1.807) is 0 Å². The van der Waals surface area contributed by atoms with Gasteiger partial charge in [-0.05, 0) is 31.7 Å². The first kappa shape index (κ1) is 18.0. The zero-order chi connectivity index (χ0) is 17.6. The molecule has 1 aliphatic rings. The van der Waals surface area contributed by atoms with Gasteiger partial charge < -0.3 is 9.88 Å². The highest BCUT2D eigenvalue weighted by Gasteiger charge is 2.16. The van der Waals surface area contributed by atoms with Crippen molar-refractivity contribution in [3.63, 3.8) is 0 Å². The Morgan fingerprint density at radius 2 is 2.08 bits per heavy atom. The molecule has 1 N–H and O–H groups in total. The van der Waals surface area contributed by atoms with Crippen LogP contribution in [-0.2, 0) is 11.8 Å². The lowest BCUT2D eigenvalue weighted by Gasteiger charge is -2.21. The number of hydrogen-bond acceptors (Lipinski definition) is 4. The van der Waals surface area contributed by atoms with Gasteiger partial charge in [-0.15, -0.1) is 10.2 Å². The first-order valence-electron chi connectivity index (χ1n) is 8.99. The van der Waals surface area contributed by atoms with Gasteiger partial charge >= 0.3 is 0 Å². The Hall–Kier alpha value is -1.82. The number of aryl methyl sites for hydroxylation is 1. The molecular weight excluding hydrogens is 332 g/mol. The largest absolute Gasteiger partial charge is 0.355 e. The van der Waals surface area contributed by atoms with E-state index in [4.69, 9.17) is 0 Å². The fourth-order valence-electron chi connectivity index (χ4n) is 3.31. The lowest BCUT2D eigenvalue weighted by Crippen LogP contribution is -2.31. The van der Waals surface area contributed by atoms with Crippen molar-refractivity contribution in [1.82, 2.24) is 20.1 Å². The number of carbonyl (C=O) groups is 1. The second-order valence-electron chi connectivity index (χ2n) is 6.83. The van der Waals surface area contributed by atoms with Crippen LogP contribution in [0.2, 0.25) is 0 Å². The van der Waals surface area contributed by atoms with Gasteiger partial charge in [-0.3, -0.25) is 4.79 Å². The molecule has 1 aliphatic carbocycles. The average molecular weight is 359 g/mol. The van der Waals surface area contributed by atoms with Gasteiger partial charge in [0, 0.05) is 19.2 Å². The predicted octanol–water partition coefficient (Wildman–Crippen LogP) is 3.58. The highest BCUT2D eigenvalue weighted by Crippen LogP contribution is 2.24. The van der Waals surface area contributed by atoms with Crippen LogP contribution in [0.15, 0.2) is 29.4 Å². The second kappa shape index (κ2) is 8.52. The highest BCUT2D eigenvalue weighted by atomic mass is 32.2. The predicted molar refractivity (Wildman–Crippen MR) is 101 cm³/mol. The van der Waals surface area contributed by atoms with Gasteiger partial charge in [0.1, 0.15) is 0 Å². The van der Waals surface area contributed by atoms with Crippen LogP contribution in [0, 0.1) is 12.8 Å². The van der Waals surface area contributed by atoms with Gasteiger partial charge in [0.25, 0.3) is 0 Å². The summed E-state index contributed by atoms with van der Waals surface area (Å²) in [5.41, 5.74) is 2.24. The molecule has 1 heterocycles. The Bertz CT molecular complexity index is 722. The quantitative estimate of drug-likeness (QED) is 0.802. The normalized spacial score (nSPS) is 15.3. The Morgan fingerprint density at radius 1 is 1.28 bits per heavy atom. The third kappa shape index (κ3) is 4.84. The van der Waals surface area contributed by atoms with E-state index in [2.05, 4.69) is 34.6 Å². The summed E-state index contributed by atoms with van der Waals surface area (Å²) in [7, 11) is 1.94. The number of nitrogens with one attached hydrogen (secondary N) is 1. The van der Waals surface area contributed by atoms with Crippen LogP contribution in [0.3, 0.4) is 0 Å². The molecular formula is C19H26N4OS. The second-order valence-corrected chi connectivity index (χ2v) is 7.77. The Balaban J connectivity index is 1.52. The topological polar surface area (TPSA) is 59.8 Å². The molecule has 5 nitrogen and oxygen atoms in total. The lowest BCUT2D eigenvalue weighted by molar-refractivity contribution is -0.118. The van der Waals surface area contributed by atoms with Crippen LogP contribution in [0.5, 0.6) is 0 Å². The van der Waals surface area contributed by atoms with Gasteiger partial charge in [-0.25, -0.2) is 0 Å². The number of carbonyl (C=O) groups excluding carboxylic acids is 1. The van der Waals surface area contributed by atoms with E-state index >= 15 is 0 Å². The molecule has 0 aliphatic heterocycles. The molecule has 0 spiro atoms. The van der Waals surface area contributed by atoms with Crippen LogP contribution in [0.4, 0.5) is 0 Å². The maximum absolute atomic E-state index is 12.1. The zero-order valence-electron chi connectivity index (χ0n) is 15.0. The summed E-state index contributed by atoms with van der Waals surface area (Å²) < 4.78 is 1.95. The maximum atomic E-state index is 12.1. The van der Waals surface area contributed by atoms with E-state index < -0.39 is 0 Å². The number of nitrogens with zero attached hydrogens (tertiary/aromatic N) is 3. The first-order chi connectivity index (χ1) is 12.1. The lowest BCUT2D eigenvalue weighted by atomic mass is 9.89. The summed E-state index contributed by atoms with van der Waals surface area (Å²) in [5, 5.41) is 12.4. The van der Waals surface area contributed by atoms with Crippen LogP contribution in [0.25, 0.3) is 11.4 Å². The highest BCUT2D eigenvalue weighted by molar-refractivity contribution is 7.99. The van der Waals surface area contributed by atoms with Gasteiger partial charge in [-0.1, -0.05) is 54.8 Å². The van der Waals surface area contributed by atoms with Gasteiger partial charge in [0.2, 0.25) is 5.91 Å². The third-order valence-corrected chi connectivity index (χ3v) is 5.78. The van der Waals surface area contributed by atoms with Gasteiger partial charge in [0.15, 0.2) is 11.0 Å². The molecule has 1 saturated carbocycles. The summed E-state index contributed by atoms with van der Waals surface area (Å²) in [6.45, 7) is 2.87. The molecule has 0 radical (unpaired) electrons. The van der Waals surface area contributed by atoms with Crippen molar-refractivity contribution in [1.29, 1.82) is 0 Å². The molecule has 1 aromatic heterocycles. The van der Waals surface area contributed by atoms with Crippen molar-refractivity contribution in [2.24, 2.45) is 13.0 Å². The molecule has 25 heavy (non-hydrogen) atoms. The monoisotopic (exact) mass is 358 g/mol. The van der Waals surface area contributed by atoms with Crippen molar-refractivity contribution in [3.05, 3.63) is 29.8 Å². The summed E-state index contributed by atoms with van der Waals surface area (Å²) in [6, 6.07) is 8.20. The van der Waals surface area contributed by atoms with E-state index in [1.165, 1.54) is 49.4 Å². The first-order valence-corrected chi connectivity index (χ1v) is 9.98. The van der Waals surface area contributed by atoms with E-state index in [-0.39, 0.29) is 5.91 Å². The van der Waals surface area contributed by atoms with Crippen LogP contribution in [0.1, 0.15) is 37.7 Å². The van der Waals surface area contributed by atoms with Crippen molar-refractivity contribution in [2.45, 2.75) is 44.2 Å². The SMILES string of the molecule is Cc1cccc(-c2nnc(SCC(=O)NCC3CCCCC3)n2C)c1. The number of benzene rings is 1. The summed E-state index contributed by atoms with van der Waals surface area (Å²) in [4.78, 5) is 12.1. The molecule has 0 atom stereocenters. The molecule has 3 rings (SSSR count). The number of amides is 1. The molecule has 0 unspecified atom stereocenters. The average Bonchev–Trinajstić information content (AvgIpc) is 3.00. The summed E-state index contributed by atoms with van der Waals surface area (Å²) in [5.74, 6) is 1.95. The number of aromatic nitrogens is 3. The minimum Gasteiger partial charge on any atom is -0.355 e. The number of rotatable bonds is 6. The Labute approximate surface area is 153 Å². The van der Waals surface area contributed by atoms with Crippen molar-refractivity contribution in [2.75, 3.05) is 12.3 Å². The van der Waals surface area contributed by atoms with Gasteiger partial charge in [-0.2, -0.15) is 0 Å². The van der Waals surface area contributed by atoms with Crippen LogP contribution < -0.4 is 5.32 Å². The molecule has 2 aromatic rings. The molecule has 1 fully saturated rings. The molecule has 6 heteroatoms. The van der Waals surface area contributed by atoms with Crippen molar-refractivity contribution in [3.8, 4) is 11.4 Å². The van der Waals surface area contributed by atoms with E-state index in [1.807, 2.05) is 23.7 Å². The fraction of sp³-hybridized carbons (Fsp3) is 0.526. The molecule has 1 amide bonds. The number of thioether (sulfide) groups is 1. The maximum Gasteiger partial charge on any atom is 0.230 e. The fourth-order valence-corrected chi connectivity index (χ4v) is 4.05. The molecule has 1 aromatic carbocycles.